The van der Waals surface area contributed by atoms with Crippen molar-refractivity contribution in [2.24, 2.45) is 0 Å². The van der Waals surface area contributed by atoms with Crippen LogP contribution < -0.4 is 9.47 Å². The first-order valence-electron chi connectivity index (χ1n) is 10.2. The second-order valence-electron chi connectivity index (χ2n) is 7.43. The lowest BCUT2D eigenvalue weighted by atomic mass is 10.1. The Labute approximate surface area is 173 Å². The number of imidazole rings is 1. The molecule has 7 nitrogen and oxygen atoms in total. The summed E-state index contributed by atoms with van der Waals surface area (Å²) in [5, 5.41) is 0.184. The van der Waals surface area contributed by atoms with Gasteiger partial charge in [-0.1, -0.05) is 26.3 Å². The third-order valence-electron chi connectivity index (χ3n) is 5.42. The molecule has 0 saturated carbocycles. The van der Waals surface area contributed by atoms with Gasteiger partial charge in [-0.25, -0.2) is 13.4 Å². The number of hydrogen-bond donors (Lipinski definition) is 0. The van der Waals surface area contributed by atoms with Gasteiger partial charge in [0.2, 0.25) is 15.0 Å². The van der Waals surface area contributed by atoms with Gasteiger partial charge in [-0.2, -0.15) is 0 Å². The zero-order valence-electron chi connectivity index (χ0n) is 17.7. The van der Waals surface area contributed by atoms with Crippen LogP contribution in [-0.4, -0.2) is 48.9 Å². The van der Waals surface area contributed by atoms with E-state index in [1.165, 1.54) is 0 Å². The van der Waals surface area contributed by atoms with E-state index in [0.717, 1.165) is 35.6 Å². The molecule has 1 aromatic heterocycles. The minimum atomic E-state index is -3.35. The van der Waals surface area contributed by atoms with Crippen molar-refractivity contribution in [3.05, 3.63) is 35.7 Å². The highest BCUT2D eigenvalue weighted by Gasteiger charge is 2.23. The van der Waals surface area contributed by atoms with Crippen LogP contribution in [0.3, 0.4) is 0 Å². The van der Waals surface area contributed by atoms with E-state index in [1.54, 1.807) is 13.1 Å². The number of hydrogen-bond acceptors (Lipinski definition) is 6. The third kappa shape index (κ3) is 4.75. The Kier molecular flexibility index (Phi) is 6.85. The van der Waals surface area contributed by atoms with Gasteiger partial charge in [0.05, 0.1) is 17.6 Å². The van der Waals surface area contributed by atoms with Crippen LogP contribution in [0.1, 0.15) is 50.9 Å². The van der Waals surface area contributed by atoms with E-state index < -0.39 is 9.84 Å². The minimum Gasteiger partial charge on any atom is -0.486 e. The number of fused-ring (bicyclic) bond motifs is 1. The molecule has 2 heterocycles. The Morgan fingerprint density at radius 2 is 1.93 bits per heavy atom. The molecule has 8 heteroatoms. The monoisotopic (exact) mass is 421 g/mol. The summed E-state index contributed by atoms with van der Waals surface area (Å²) < 4.78 is 38.1. The lowest BCUT2D eigenvalue weighted by Crippen LogP contribution is -2.24. The molecule has 0 aliphatic carbocycles. The molecular weight excluding hydrogens is 390 g/mol. The summed E-state index contributed by atoms with van der Waals surface area (Å²) in [6, 6.07) is 6.14. The molecule has 0 amide bonds. The van der Waals surface area contributed by atoms with Crippen molar-refractivity contribution in [1.29, 1.82) is 0 Å². The van der Waals surface area contributed by atoms with Crippen LogP contribution >= 0.6 is 0 Å². The van der Waals surface area contributed by atoms with E-state index in [-0.39, 0.29) is 17.0 Å². The van der Waals surface area contributed by atoms with Crippen LogP contribution in [0.5, 0.6) is 11.5 Å². The first-order chi connectivity index (χ1) is 13.9. The Morgan fingerprint density at radius 3 is 2.62 bits per heavy atom. The largest absolute Gasteiger partial charge is 0.486 e. The average Bonchev–Trinajstić information content (AvgIpc) is 3.14. The Balaban J connectivity index is 1.81. The van der Waals surface area contributed by atoms with E-state index in [1.807, 2.05) is 23.7 Å². The standard InChI is InChI=1S/C21H31N3O4S/c1-5-7-10-24-18(14-22-21(24)29(25,26)6-2)15-23(4)16(3)17-8-9-19-20(13-17)28-12-11-27-19/h8-9,13-14,16H,5-7,10-12,15H2,1-4H3. The molecule has 3 rings (SSSR count). The van der Waals surface area contributed by atoms with E-state index >= 15 is 0 Å². The SMILES string of the molecule is CCCCn1c(CN(C)C(C)c2ccc3c(c2)OCCO3)cnc1S(=O)(=O)CC. The molecule has 0 bridgehead atoms. The van der Waals surface area contributed by atoms with Gasteiger partial charge in [0.15, 0.2) is 11.5 Å². The number of ether oxygens (including phenoxy) is 2. The maximum atomic E-state index is 12.5. The predicted molar refractivity (Wildman–Crippen MR) is 112 cm³/mol. The van der Waals surface area contributed by atoms with Crippen molar-refractivity contribution in [1.82, 2.24) is 14.5 Å². The normalized spacial score (nSPS) is 14.9. The summed E-state index contributed by atoms with van der Waals surface area (Å²) >= 11 is 0. The molecule has 160 valence electrons. The molecule has 0 radical (unpaired) electrons. The Bertz CT molecular complexity index is 939. The predicted octanol–water partition coefficient (Wildman–Crippen LogP) is 3.44. The zero-order chi connectivity index (χ0) is 21.0. The van der Waals surface area contributed by atoms with Gasteiger partial charge in [-0.15, -0.1) is 0 Å². The molecule has 1 unspecified atom stereocenters. The third-order valence-corrected chi connectivity index (χ3v) is 7.06. The number of benzene rings is 1. The van der Waals surface area contributed by atoms with Crippen LogP contribution in [0.25, 0.3) is 0 Å². The fourth-order valence-electron chi connectivity index (χ4n) is 3.42. The fraction of sp³-hybridized carbons (Fsp3) is 0.571. The summed E-state index contributed by atoms with van der Waals surface area (Å²) in [6.07, 6.45) is 3.61. The average molecular weight is 422 g/mol. The lowest BCUT2D eigenvalue weighted by Gasteiger charge is -2.27. The molecule has 1 atom stereocenters. The molecule has 0 N–H and O–H groups in total. The first-order valence-corrected chi connectivity index (χ1v) is 11.9. The summed E-state index contributed by atoms with van der Waals surface area (Å²) in [5.41, 5.74) is 2.04. The van der Waals surface area contributed by atoms with Crippen LogP contribution in [0.15, 0.2) is 29.6 Å². The number of aromatic nitrogens is 2. The summed E-state index contributed by atoms with van der Waals surface area (Å²) in [7, 11) is -1.32. The molecule has 1 aliphatic heterocycles. The second-order valence-corrected chi connectivity index (χ2v) is 9.61. The summed E-state index contributed by atoms with van der Waals surface area (Å²) in [4.78, 5) is 6.45. The minimum absolute atomic E-state index is 0.0546. The van der Waals surface area contributed by atoms with Gasteiger partial charge >= 0.3 is 0 Å². The van der Waals surface area contributed by atoms with E-state index in [4.69, 9.17) is 9.47 Å². The van der Waals surface area contributed by atoms with Crippen LogP contribution in [0.4, 0.5) is 0 Å². The maximum absolute atomic E-state index is 12.5. The molecule has 0 saturated heterocycles. The Hall–Kier alpha value is -2.06. The van der Waals surface area contributed by atoms with Crippen molar-refractivity contribution < 1.29 is 17.9 Å². The lowest BCUT2D eigenvalue weighted by molar-refractivity contribution is 0.170. The van der Waals surface area contributed by atoms with Crippen molar-refractivity contribution >= 4 is 9.84 Å². The molecule has 0 fully saturated rings. The number of nitrogens with zero attached hydrogens (tertiary/aromatic N) is 3. The fourth-order valence-corrected chi connectivity index (χ4v) is 4.43. The quantitative estimate of drug-likeness (QED) is 0.618. The van der Waals surface area contributed by atoms with Gasteiger partial charge in [-0.05, 0) is 38.1 Å². The number of unbranched alkanes of at least 4 members (excludes halogenated alkanes) is 1. The molecule has 0 spiro atoms. The zero-order valence-corrected chi connectivity index (χ0v) is 18.5. The van der Waals surface area contributed by atoms with E-state index in [2.05, 4.69) is 29.8 Å². The smallest absolute Gasteiger partial charge is 0.227 e. The maximum Gasteiger partial charge on any atom is 0.227 e. The second kappa shape index (κ2) is 9.17. The van der Waals surface area contributed by atoms with Crippen molar-refractivity contribution in [2.45, 2.75) is 57.9 Å². The highest BCUT2D eigenvalue weighted by molar-refractivity contribution is 7.91. The summed E-state index contributed by atoms with van der Waals surface area (Å²) in [5.74, 6) is 1.61. The number of rotatable bonds is 9. The molecule has 1 aliphatic rings. The van der Waals surface area contributed by atoms with E-state index in [9.17, 15) is 8.42 Å². The molecule has 1 aromatic carbocycles. The van der Waals surface area contributed by atoms with Crippen molar-refractivity contribution in [3.8, 4) is 11.5 Å². The van der Waals surface area contributed by atoms with E-state index in [0.29, 0.717) is 26.3 Å². The van der Waals surface area contributed by atoms with Crippen molar-refractivity contribution in [3.63, 3.8) is 0 Å². The highest BCUT2D eigenvalue weighted by atomic mass is 32.2. The van der Waals surface area contributed by atoms with Gasteiger partial charge in [0.25, 0.3) is 0 Å². The van der Waals surface area contributed by atoms with Gasteiger partial charge in [-0.3, -0.25) is 4.90 Å². The molecular formula is C21H31N3O4S. The van der Waals surface area contributed by atoms with Crippen LogP contribution in [0, 0.1) is 0 Å². The van der Waals surface area contributed by atoms with Crippen molar-refractivity contribution in [2.75, 3.05) is 26.0 Å². The van der Waals surface area contributed by atoms with Gasteiger partial charge < -0.3 is 14.0 Å². The number of sulfone groups is 1. The molecule has 2 aromatic rings. The molecule has 29 heavy (non-hydrogen) atoms. The first kappa shape index (κ1) is 21.6. The topological polar surface area (TPSA) is 73.7 Å². The van der Waals surface area contributed by atoms with Crippen LogP contribution in [-0.2, 0) is 22.9 Å². The Morgan fingerprint density at radius 1 is 1.21 bits per heavy atom. The van der Waals surface area contributed by atoms with Gasteiger partial charge in [0.1, 0.15) is 13.2 Å². The highest BCUT2D eigenvalue weighted by Crippen LogP contribution is 2.34. The van der Waals surface area contributed by atoms with Gasteiger partial charge in [0, 0.05) is 19.1 Å². The summed E-state index contributed by atoms with van der Waals surface area (Å²) in [6.45, 7) is 8.28. The van der Waals surface area contributed by atoms with Crippen LogP contribution in [0.2, 0.25) is 0 Å².